The molecule has 0 fully saturated rings. The van der Waals surface area contributed by atoms with Crippen LogP contribution in [-0.4, -0.2) is 29.7 Å². The largest absolute Gasteiger partial charge is 0.481 e. The van der Waals surface area contributed by atoms with Crippen molar-refractivity contribution in [1.82, 2.24) is 4.98 Å². The van der Waals surface area contributed by atoms with Crippen molar-refractivity contribution in [3.63, 3.8) is 0 Å². The Balaban J connectivity index is 1.81. The van der Waals surface area contributed by atoms with Gasteiger partial charge in [0.1, 0.15) is 5.01 Å². The number of carboxylic acid groups (broad SMARTS) is 1. The number of hydrogen-bond acceptors (Lipinski definition) is 4. The van der Waals surface area contributed by atoms with Crippen LogP contribution in [0.5, 0.6) is 0 Å². The van der Waals surface area contributed by atoms with Crippen LogP contribution in [0.3, 0.4) is 0 Å². The lowest BCUT2D eigenvalue weighted by atomic mass is 10.1. The van der Waals surface area contributed by atoms with Crippen molar-refractivity contribution in [2.75, 3.05) is 18.5 Å². The van der Waals surface area contributed by atoms with E-state index in [1.165, 1.54) is 11.3 Å². The highest BCUT2D eigenvalue weighted by molar-refractivity contribution is 7.13. The molecular formula is C15H16N2O2S. The number of aromatic nitrogens is 1. The fourth-order valence-corrected chi connectivity index (χ4v) is 3.34. The predicted molar refractivity (Wildman–Crippen MR) is 80.5 cm³/mol. The quantitative estimate of drug-likeness (QED) is 0.940. The summed E-state index contributed by atoms with van der Waals surface area (Å²) in [6.45, 7) is 1.07. The lowest BCUT2D eigenvalue weighted by molar-refractivity contribution is -0.136. The molecule has 3 rings (SSSR count). The zero-order chi connectivity index (χ0) is 14.1. The van der Waals surface area contributed by atoms with Crippen LogP contribution < -0.4 is 4.90 Å². The SMILES string of the molecule is CN1CCc2cc(-c3nc(CCC(=O)O)cs3)ccc21. The van der Waals surface area contributed by atoms with Crippen molar-refractivity contribution in [2.24, 2.45) is 0 Å². The highest BCUT2D eigenvalue weighted by atomic mass is 32.1. The molecule has 1 N–H and O–H groups in total. The molecular weight excluding hydrogens is 272 g/mol. The first kappa shape index (κ1) is 13.1. The Morgan fingerprint density at radius 2 is 2.35 bits per heavy atom. The summed E-state index contributed by atoms with van der Waals surface area (Å²) in [7, 11) is 2.11. The maximum Gasteiger partial charge on any atom is 0.303 e. The van der Waals surface area contributed by atoms with Crippen molar-refractivity contribution in [3.8, 4) is 10.6 Å². The number of carbonyl (C=O) groups is 1. The lowest BCUT2D eigenvalue weighted by Gasteiger charge is -2.11. The molecule has 1 aliphatic rings. The Bertz CT molecular complexity index is 651. The average molecular weight is 288 g/mol. The number of carboxylic acids is 1. The molecule has 1 aliphatic heterocycles. The second-order valence-electron chi connectivity index (χ2n) is 5.05. The van der Waals surface area contributed by atoms with Gasteiger partial charge in [0, 0.05) is 36.6 Å². The summed E-state index contributed by atoms with van der Waals surface area (Å²) < 4.78 is 0. The molecule has 0 bridgehead atoms. The molecule has 104 valence electrons. The second kappa shape index (κ2) is 5.25. The minimum Gasteiger partial charge on any atom is -0.481 e. The molecule has 0 aliphatic carbocycles. The van der Waals surface area contributed by atoms with E-state index in [2.05, 4.69) is 35.1 Å². The van der Waals surface area contributed by atoms with Crippen LogP contribution in [0, 0.1) is 0 Å². The predicted octanol–water partition coefficient (Wildman–Crippen LogP) is 2.82. The summed E-state index contributed by atoms with van der Waals surface area (Å²) in [5.74, 6) is -0.778. The van der Waals surface area contributed by atoms with Gasteiger partial charge in [-0.05, 0) is 30.2 Å². The standard InChI is InChI=1S/C15H16N2O2S/c1-17-7-6-10-8-11(2-4-13(10)17)15-16-12(9-20-15)3-5-14(18)19/h2,4,8-9H,3,5-7H2,1H3,(H,18,19). The Labute approximate surface area is 121 Å². The first-order valence-electron chi connectivity index (χ1n) is 6.64. The molecule has 1 aromatic carbocycles. The fraction of sp³-hybridized carbons (Fsp3) is 0.333. The monoisotopic (exact) mass is 288 g/mol. The van der Waals surface area contributed by atoms with Crippen molar-refractivity contribution >= 4 is 23.0 Å². The summed E-state index contributed by atoms with van der Waals surface area (Å²) in [6, 6.07) is 6.45. The molecule has 20 heavy (non-hydrogen) atoms. The van der Waals surface area contributed by atoms with E-state index in [1.54, 1.807) is 11.3 Å². The van der Waals surface area contributed by atoms with E-state index in [1.807, 2.05) is 5.38 Å². The molecule has 2 aromatic rings. The number of benzene rings is 1. The van der Waals surface area contributed by atoms with Gasteiger partial charge in [-0.15, -0.1) is 11.3 Å². The van der Waals surface area contributed by atoms with Crippen LogP contribution in [0.4, 0.5) is 5.69 Å². The van der Waals surface area contributed by atoms with Gasteiger partial charge < -0.3 is 10.0 Å². The van der Waals surface area contributed by atoms with E-state index >= 15 is 0 Å². The zero-order valence-corrected chi connectivity index (χ0v) is 12.1. The molecule has 0 atom stereocenters. The third-order valence-corrected chi connectivity index (χ3v) is 4.54. The van der Waals surface area contributed by atoms with E-state index in [0.717, 1.165) is 29.2 Å². The Kier molecular flexibility index (Phi) is 3.44. The van der Waals surface area contributed by atoms with Crippen molar-refractivity contribution in [1.29, 1.82) is 0 Å². The molecule has 0 radical (unpaired) electrons. The lowest BCUT2D eigenvalue weighted by Crippen LogP contribution is -2.12. The van der Waals surface area contributed by atoms with E-state index in [0.29, 0.717) is 6.42 Å². The molecule has 2 heterocycles. The van der Waals surface area contributed by atoms with Crippen LogP contribution in [0.25, 0.3) is 10.6 Å². The molecule has 4 nitrogen and oxygen atoms in total. The first-order valence-corrected chi connectivity index (χ1v) is 7.52. The third-order valence-electron chi connectivity index (χ3n) is 3.60. The van der Waals surface area contributed by atoms with Gasteiger partial charge in [-0.2, -0.15) is 0 Å². The van der Waals surface area contributed by atoms with Crippen LogP contribution in [-0.2, 0) is 17.6 Å². The van der Waals surface area contributed by atoms with Gasteiger partial charge in [-0.25, -0.2) is 4.98 Å². The van der Waals surface area contributed by atoms with E-state index in [-0.39, 0.29) is 6.42 Å². The molecule has 0 unspecified atom stereocenters. The normalized spacial score (nSPS) is 13.6. The van der Waals surface area contributed by atoms with Crippen LogP contribution in [0.1, 0.15) is 17.7 Å². The highest BCUT2D eigenvalue weighted by Gasteiger charge is 2.16. The summed E-state index contributed by atoms with van der Waals surface area (Å²) in [4.78, 5) is 17.4. The van der Waals surface area contributed by atoms with Gasteiger partial charge >= 0.3 is 5.97 Å². The molecule has 1 aromatic heterocycles. The molecule has 0 amide bonds. The fourth-order valence-electron chi connectivity index (χ4n) is 2.49. The van der Waals surface area contributed by atoms with Crippen LogP contribution in [0.2, 0.25) is 0 Å². The molecule has 5 heteroatoms. The van der Waals surface area contributed by atoms with Gasteiger partial charge in [0.15, 0.2) is 0 Å². The zero-order valence-electron chi connectivity index (χ0n) is 11.3. The molecule has 0 saturated heterocycles. The maximum absolute atomic E-state index is 10.6. The van der Waals surface area contributed by atoms with Gasteiger partial charge in [0.05, 0.1) is 12.1 Å². The van der Waals surface area contributed by atoms with Crippen molar-refractivity contribution in [3.05, 3.63) is 34.8 Å². The second-order valence-corrected chi connectivity index (χ2v) is 5.91. The van der Waals surface area contributed by atoms with Gasteiger partial charge in [0.2, 0.25) is 0 Å². The smallest absolute Gasteiger partial charge is 0.303 e. The Morgan fingerprint density at radius 3 is 3.15 bits per heavy atom. The number of thiazole rings is 1. The number of aryl methyl sites for hydroxylation is 1. The van der Waals surface area contributed by atoms with E-state index in [9.17, 15) is 4.79 Å². The summed E-state index contributed by atoms with van der Waals surface area (Å²) in [5, 5.41) is 11.6. The number of fused-ring (bicyclic) bond motifs is 1. The third kappa shape index (κ3) is 2.54. The van der Waals surface area contributed by atoms with Crippen LogP contribution >= 0.6 is 11.3 Å². The minimum absolute atomic E-state index is 0.137. The first-order chi connectivity index (χ1) is 9.63. The number of rotatable bonds is 4. The summed E-state index contributed by atoms with van der Waals surface area (Å²) >= 11 is 1.58. The van der Waals surface area contributed by atoms with Gasteiger partial charge in [-0.1, -0.05) is 0 Å². The van der Waals surface area contributed by atoms with Gasteiger partial charge in [0.25, 0.3) is 0 Å². The Morgan fingerprint density at radius 1 is 1.50 bits per heavy atom. The number of aliphatic carboxylic acids is 1. The Hall–Kier alpha value is -1.88. The number of nitrogens with zero attached hydrogens (tertiary/aromatic N) is 2. The van der Waals surface area contributed by atoms with E-state index < -0.39 is 5.97 Å². The molecule has 0 saturated carbocycles. The van der Waals surface area contributed by atoms with Crippen molar-refractivity contribution < 1.29 is 9.90 Å². The molecule has 0 spiro atoms. The van der Waals surface area contributed by atoms with E-state index in [4.69, 9.17) is 5.11 Å². The summed E-state index contributed by atoms with van der Waals surface area (Å²) in [6.07, 6.45) is 1.72. The van der Waals surface area contributed by atoms with Crippen molar-refractivity contribution in [2.45, 2.75) is 19.3 Å². The topological polar surface area (TPSA) is 53.4 Å². The van der Waals surface area contributed by atoms with Gasteiger partial charge in [-0.3, -0.25) is 4.79 Å². The maximum atomic E-state index is 10.6. The number of anilines is 1. The highest BCUT2D eigenvalue weighted by Crippen LogP contribution is 2.32. The number of hydrogen-bond donors (Lipinski definition) is 1. The summed E-state index contributed by atoms with van der Waals surface area (Å²) in [5.41, 5.74) is 4.67. The van der Waals surface area contributed by atoms with Crippen LogP contribution in [0.15, 0.2) is 23.6 Å². The number of likely N-dealkylation sites (N-methyl/N-ethyl adjacent to an activating group) is 1. The average Bonchev–Trinajstić information content (AvgIpc) is 3.04. The minimum atomic E-state index is -0.778.